The first kappa shape index (κ1) is 22.2. The third-order valence-corrected chi connectivity index (χ3v) is 5.27. The van der Waals surface area contributed by atoms with Gasteiger partial charge in [-0.2, -0.15) is 5.10 Å². The van der Waals surface area contributed by atoms with Crippen LogP contribution < -0.4 is 10.1 Å². The minimum absolute atomic E-state index is 0.117. The maximum Gasteiger partial charge on any atom is 0.220 e. The first-order valence-corrected chi connectivity index (χ1v) is 10.5. The van der Waals surface area contributed by atoms with Crippen LogP contribution in [-0.2, 0) is 17.8 Å². The fourth-order valence-electron chi connectivity index (χ4n) is 3.50. The predicted molar refractivity (Wildman–Crippen MR) is 122 cm³/mol. The lowest BCUT2D eigenvalue weighted by Gasteiger charge is -2.09. The Morgan fingerprint density at radius 1 is 0.970 bits per heavy atom. The summed E-state index contributed by atoms with van der Waals surface area (Å²) in [6, 6.07) is 21.9. The third kappa shape index (κ3) is 5.26. The van der Waals surface area contributed by atoms with E-state index in [-0.39, 0.29) is 30.5 Å². The van der Waals surface area contributed by atoms with E-state index in [1.807, 2.05) is 12.1 Å². The van der Waals surface area contributed by atoms with E-state index >= 15 is 0 Å². The van der Waals surface area contributed by atoms with Gasteiger partial charge in [0.05, 0.1) is 24.2 Å². The van der Waals surface area contributed by atoms with Gasteiger partial charge in [0.15, 0.2) is 0 Å². The van der Waals surface area contributed by atoms with Crippen molar-refractivity contribution < 1.29 is 18.3 Å². The molecule has 0 unspecified atom stereocenters. The molecule has 168 valence electrons. The fraction of sp³-hybridized carbons (Fsp3) is 0.154. The van der Waals surface area contributed by atoms with Crippen LogP contribution in [0.1, 0.15) is 17.7 Å². The molecule has 1 N–H and O–H groups in total. The van der Waals surface area contributed by atoms with E-state index in [1.165, 1.54) is 12.1 Å². The first-order valence-electron chi connectivity index (χ1n) is 10.5. The molecule has 0 bridgehead atoms. The smallest absolute Gasteiger partial charge is 0.220 e. The number of aromatic nitrogens is 2. The molecule has 1 aromatic heterocycles. The molecule has 0 saturated carbocycles. The van der Waals surface area contributed by atoms with Crippen molar-refractivity contribution in [3.05, 3.63) is 102 Å². The predicted octanol–water partition coefficient (Wildman–Crippen LogP) is 5.08. The van der Waals surface area contributed by atoms with Gasteiger partial charge in [0.1, 0.15) is 17.4 Å². The van der Waals surface area contributed by atoms with Crippen LogP contribution >= 0.6 is 0 Å². The number of aryl methyl sites for hydroxylation is 1. The van der Waals surface area contributed by atoms with E-state index in [0.29, 0.717) is 34.7 Å². The highest BCUT2D eigenvalue weighted by Gasteiger charge is 2.16. The van der Waals surface area contributed by atoms with E-state index in [2.05, 4.69) is 10.4 Å². The molecule has 0 aliphatic rings. The maximum atomic E-state index is 14.6. The summed E-state index contributed by atoms with van der Waals surface area (Å²) in [6.45, 7) is 0.117. The van der Waals surface area contributed by atoms with Crippen LogP contribution in [0.2, 0.25) is 0 Å². The largest absolute Gasteiger partial charge is 0.497 e. The summed E-state index contributed by atoms with van der Waals surface area (Å²) in [5.41, 5.74) is 2.81. The molecule has 1 heterocycles. The average Bonchev–Trinajstić information content (AvgIpc) is 3.26. The molecule has 0 spiro atoms. The summed E-state index contributed by atoms with van der Waals surface area (Å²) in [4.78, 5) is 12.3. The number of ether oxygens (including phenoxy) is 1. The number of halogens is 2. The number of methoxy groups -OCH3 is 1. The van der Waals surface area contributed by atoms with Crippen LogP contribution in [0.3, 0.4) is 0 Å². The Bertz CT molecular complexity index is 1250. The highest BCUT2D eigenvalue weighted by Crippen LogP contribution is 2.27. The molecule has 0 saturated heterocycles. The Hall–Kier alpha value is -4.00. The molecular weight excluding hydrogens is 424 g/mol. The van der Waals surface area contributed by atoms with E-state index in [4.69, 9.17) is 4.74 Å². The molecule has 5 nitrogen and oxygen atoms in total. The Kier molecular flexibility index (Phi) is 6.78. The molecule has 33 heavy (non-hydrogen) atoms. The van der Waals surface area contributed by atoms with Crippen molar-refractivity contribution >= 4 is 5.91 Å². The zero-order valence-electron chi connectivity index (χ0n) is 18.1. The van der Waals surface area contributed by atoms with Gasteiger partial charge < -0.3 is 10.1 Å². The summed E-state index contributed by atoms with van der Waals surface area (Å²) >= 11 is 0. The lowest BCUT2D eigenvalue weighted by Crippen LogP contribution is -2.23. The van der Waals surface area contributed by atoms with Crippen molar-refractivity contribution in [3.8, 4) is 22.7 Å². The van der Waals surface area contributed by atoms with Gasteiger partial charge in [-0.3, -0.25) is 4.79 Å². The molecule has 0 aliphatic carbocycles. The summed E-state index contributed by atoms with van der Waals surface area (Å²) in [5.74, 6) is -0.235. The monoisotopic (exact) mass is 447 g/mol. The number of carbonyl (C=O) groups is 1. The fourth-order valence-corrected chi connectivity index (χ4v) is 3.50. The lowest BCUT2D eigenvalue weighted by molar-refractivity contribution is -0.121. The van der Waals surface area contributed by atoms with Crippen molar-refractivity contribution in [1.29, 1.82) is 0 Å². The SMILES string of the molecule is COc1ccc(-n2nc(CCC(=O)NCc3ccccc3F)cc2-c2ccccc2F)cc1. The highest BCUT2D eigenvalue weighted by molar-refractivity contribution is 5.76. The van der Waals surface area contributed by atoms with Crippen molar-refractivity contribution in [2.75, 3.05) is 7.11 Å². The molecule has 0 fully saturated rings. The average molecular weight is 447 g/mol. The van der Waals surface area contributed by atoms with Crippen LogP contribution in [-0.4, -0.2) is 22.8 Å². The second-order valence-electron chi connectivity index (χ2n) is 7.48. The normalized spacial score (nSPS) is 10.8. The number of benzene rings is 3. The standard InChI is InChI=1S/C26H23F2N3O2/c1-33-21-13-11-20(12-14-21)31-25(22-7-3-5-9-24(22)28)16-19(30-31)10-15-26(32)29-17-18-6-2-4-8-23(18)27/h2-9,11-14,16H,10,15,17H2,1H3,(H,29,32). The molecule has 1 amide bonds. The summed E-state index contributed by atoms with van der Waals surface area (Å²) in [5, 5.41) is 7.36. The van der Waals surface area contributed by atoms with Crippen LogP contribution in [0.4, 0.5) is 8.78 Å². The van der Waals surface area contributed by atoms with Crippen molar-refractivity contribution in [2.24, 2.45) is 0 Å². The van der Waals surface area contributed by atoms with Gasteiger partial charge >= 0.3 is 0 Å². The van der Waals surface area contributed by atoms with Crippen LogP contribution in [0.5, 0.6) is 5.75 Å². The number of nitrogens with zero attached hydrogens (tertiary/aromatic N) is 2. The number of hydrogen-bond donors (Lipinski definition) is 1. The molecular formula is C26H23F2N3O2. The van der Waals surface area contributed by atoms with E-state index < -0.39 is 0 Å². The summed E-state index contributed by atoms with van der Waals surface area (Å²) in [6.07, 6.45) is 0.526. The van der Waals surface area contributed by atoms with Gasteiger partial charge in [0.2, 0.25) is 5.91 Å². The van der Waals surface area contributed by atoms with Gasteiger partial charge in [-0.15, -0.1) is 0 Å². The molecule has 4 rings (SSSR count). The summed E-state index contributed by atoms with van der Waals surface area (Å²) in [7, 11) is 1.59. The number of hydrogen-bond acceptors (Lipinski definition) is 3. The van der Waals surface area contributed by atoms with Crippen LogP contribution in [0, 0.1) is 11.6 Å². The Morgan fingerprint density at radius 3 is 2.36 bits per heavy atom. The number of amides is 1. The second kappa shape index (κ2) is 10.1. The van der Waals surface area contributed by atoms with E-state index in [9.17, 15) is 13.6 Å². The molecule has 3 aromatic carbocycles. The van der Waals surface area contributed by atoms with E-state index in [0.717, 1.165) is 5.69 Å². The van der Waals surface area contributed by atoms with Gasteiger partial charge in [0, 0.05) is 30.5 Å². The van der Waals surface area contributed by atoms with Gasteiger partial charge in [0.25, 0.3) is 0 Å². The third-order valence-electron chi connectivity index (χ3n) is 5.27. The van der Waals surface area contributed by atoms with Gasteiger partial charge in [-0.25, -0.2) is 13.5 Å². The Balaban J connectivity index is 1.53. The lowest BCUT2D eigenvalue weighted by atomic mass is 10.1. The molecule has 4 aromatic rings. The topological polar surface area (TPSA) is 56.2 Å². The molecule has 0 radical (unpaired) electrons. The van der Waals surface area contributed by atoms with Crippen molar-refractivity contribution in [2.45, 2.75) is 19.4 Å². The Morgan fingerprint density at radius 2 is 1.67 bits per heavy atom. The quantitative estimate of drug-likeness (QED) is 0.410. The van der Waals surface area contributed by atoms with Crippen molar-refractivity contribution in [3.63, 3.8) is 0 Å². The second-order valence-corrected chi connectivity index (χ2v) is 7.48. The number of carbonyl (C=O) groups excluding carboxylic acids is 1. The number of rotatable bonds is 8. The molecule has 7 heteroatoms. The van der Waals surface area contributed by atoms with Crippen LogP contribution in [0.15, 0.2) is 78.9 Å². The molecule has 0 atom stereocenters. The summed E-state index contributed by atoms with van der Waals surface area (Å²) < 4.78 is 35.2. The molecule has 0 aliphatic heterocycles. The minimum Gasteiger partial charge on any atom is -0.497 e. The highest BCUT2D eigenvalue weighted by atomic mass is 19.1. The Labute approximate surface area is 190 Å². The van der Waals surface area contributed by atoms with E-state index in [1.54, 1.807) is 66.4 Å². The van der Waals surface area contributed by atoms with Crippen molar-refractivity contribution in [1.82, 2.24) is 15.1 Å². The van der Waals surface area contributed by atoms with Crippen LogP contribution in [0.25, 0.3) is 16.9 Å². The van der Waals surface area contributed by atoms with Gasteiger partial charge in [-0.1, -0.05) is 30.3 Å². The zero-order valence-corrected chi connectivity index (χ0v) is 18.1. The minimum atomic E-state index is -0.360. The first-order chi connectivity index (χ1) is 16.0. The maximum absolute atomic E-state index is 14.6. The number of nitrogens with one attached hydrogen (secondary N) is 1. The zero-order chi connectivity index (χ0) is 23.2. The van der Waals surface area contributed by atoms with Gasteiger partial charge in [-0.05, 0) is 48.5 Å².